The molecule has 4 heteroatoms. The van der Waals surface area contributed by atoms with Gasteiger partial charge in [0.05, 0.1) is 0 Å². The fraction of sp³-hybridized carbons (Fsp3) is 0.286. The molecule has 0 N–H and O–H groups in total. The Bertz CT molecular complexity index is 1640. The van der Waals surface area contributed by atoms with Gasteiger partial charge in [0.15, 0.2) is 0 Å². The molecule has 0 saturated carbocycles. The summed E-state index contributed by atoms with van der Waals surface area (Å²) in [5.41, 5.74) is 11.0. The first-order chi connectivity index (χ1) is 22.1. The average Bonchev–Trinajstić information content (AvgIpc) is 3.61. The van der Waals surface area contributed by atoms with E-state index >= 15 is 0 Å². The van der Waals surface area contributed by atoms with Crippen molar-refractivity contribution in [2.24, 2.45) is 11.8 Å². The van der Waals surface area contributed by atoms with E-state index in [1.807, 2.05) is 0 Å². The maximum atomic E-state index is 4.93. The van der Waals surface area contributed by atoms with Crippen LogP contribution in [0.5, 0.6) is 0 Å². The number of halogens is 2. The molecule has 2 radical (unpaired) electrons. The van der Waals surface area contributed by atoms with Gasteiger partial charge >= 0.3 is 37.9 Å². The first kappa shape index (κ1) is 38.2. The van der Waals surface area contributed by atoms with Crippen molar-refractivity contribution in [3.05, 3.63) is 131 Å². The molecule has 6 aromatic carbocycles. The van der Waals surface area contributed by atoms with Crippen LogP contribution in [0.15, 0.2) is 109 Å². The normalized spacial score (nSPS) is 10.5. The van der Waals surface area contributed by atoms with Crippen molar-refractivity contribution in [2.75, 3.05) is 0 Å². The van der Waals surface area contributed by atoms with Crippen LogP contribution in [-0.2, 0) is 33.7 Å². The van der Waals surface area contributed by atoms with Crippen molar-refractivity contribution in [3.8, 4) is 22.3 Å². The molecule has 46 heavy (non-hydrogen) atoms. The van der Waals surface area contributed by atoms with Crippen LogP contribution in [0, 0.1) is 25.7 Å². The minimum absolute atomic E-state index is 0.703. The zero-order chi connectivity index (χ0) is 33.6. The Labute approximate surface area is 299 Å². The predicted octanol–water partition coefficient (Wildman–Crippen LogP) is 13.6. The third-order valence-corrected chi connectivity index (χ3v) is 7.78. The molecule has 0 saturated heterocycles. The van der Waals surface area contributed by atoms with Gasteiger partial charge in [0, 0.05) is 9.52 Å². The molecule has 0 heterocycles. The second-order valence-corrected chi connectivity index (χ2v) is 17.5. The summed E-state index contributed by atoms with van der Waals surface area (Å²) in [6, 6.07) is 40.0. The van der Waals surface area contributed by atoms with Crippen molar-refractivity contribution in [1.29, 1.82) is 0 Å². The molecule has 0 bridgehead atoms. The summed E-state index contributed by atoms with van der Waals surface area (Å²) in [6.07, 6.45) is 2.31. The van der Waals surface area contributed by atoms with Crippen LogP contribution in [0.3, 0.4) is 0 Å². The SMILES string of the molecule is C[Si]C.Cc1ccccc1-c1cccc2[cH-]c(CC(C)C)cc12.Cc1ccccc1-c1cccc2[cH-]c(CC(C)C)cc12.[Cl][Zr+2][Cl]. The second kappa shape index (κ2) is 19.6. The predicted molar refractivity (Wildman–Crippen MR) is 206 cm³/mol. The third-order valence-electron chi connectivity index (χ3n) is 7.78. The molecule has 0 unspecified atom stereocenters. The fourth-order valence-corrected chi connectivity index (χ4v) is 5.99. The van der Waals surface area contributed by atoms with E-state index < -0.39 is 20.8 Å². The molecule has 6 rings (SSSR count). The first-order valence-corrected chi connectivity index (χ1v) is 24.5. The van der Waals surface area contributed by atoms with Crippen molar-refractivity contribution >= 4 is 48.1 Å². The standard InChI is InChI=1S/2C20H21.C2H6Si.2ClH.Zr/c2*1-14(2)11-16-12-17-8-6-10-19(20(17)13-16)18-9-5-4-7-15(18)3;1-3-2;;;/h2*4-10,12-14H,11H2,1-3H3;1-2H3;2*1H;/q2*-1;;;;+4/p-2. The van der Waals surface area contributed by atoms with E-state index in [1.54, 1.807) is 0 Å². The van der Waals surface area contributed by atoms with E-state index in [2.05, 4.69) is 164 Å². The molecule has 0 amide bonds. The van der Waals surface area contributed by atoms with Crippen molar-refractivity contribution in [2.45, 2.75) is 67.5 Å². The molecule has 0 spiro atoms. The van der Waals surface area contributed by atoms with E-state index in [1.165, 1.54) is 66.1 Å². The molecular weight excluding hydrogens is 695 g/mol. The summed E-state index contributed by atoms with van der Waals surface area (Å²) in [6.45, 7) is 17.8. The maximum absolute atomic E-state index is 4.93. The molecular formula is C42H48Cl2SiZr. The Hall–Kier alpha value is -2.22. The van der Waals surface area contributed by atoms with Crippen LogP contribution in [0.4, 0.5) is 0 Å². The van der Waals surface area contributed by atoms with Gasteiger partial charge in [0.1, 0.15) is 0 Å². The van der Waals surface area contributed by atoms with Gasteiger partial charge in [-0.3, -0.25) is 0 Å². The Kier molecular flexibility index (Phi) is 16.3. The number of aryl methyl sites for hydroxylation is 2. The molecule has 6 aromatic rings. The summed E-state index contributed by atoms with van der Waals surface area (Å²) >= 11 is -0.826. The van der Waals surface area contributed by atoms with Crippen LogP contribution in [0.2, 0.25) is 13.1 Å². The number of benzene rings is 4. The molecule has 0 aliphatic heterocycles. The van der Waals surface area contributed by atoms with Crippen molar-refractivity contribution in [3.63, 3.8) is 0 Å². The van der Waals surface area contributed by atoms with Gasteiger partial charge in [0.2, 0.25) is 0 Å². The molecule has 0 fully saturated rings. The third kappa shape index (κ3) is 10.9. The van der Waals surface area contributed by atoms with E-state index in [0.717, 1.165) is 22.4 Å². The van der Waals surface area contributed by atoms with Gasteiger partial charge < -0.3 is 0 Å². The van der Waals surface area contributed by atoms with Crippen LogP contribution >= 0.6 is 17.0 Å². The Morgan fingerprint density at radius 1 is 0.565 bits per heavy atom. The summed E-state index contributed by atoms with van der Waals surface area (Å²) in [7, 11) is 11.0. The van der Waals surface area contributed by atoms with Crippen molar-refractivity contribution < 1.29 is 20.8 Å². The van der Waals surface area contributed by atoms with Gasteiger partial charge in [-0.05, 0) is 60.8 Å². The summed E-state index contributed by atoms with van der Waals surface area (Å²) in [5.74, 6) is 1.41. The van der Waals surface area contributed by atoms with Crippen LogP contribution in [0.1, 0.15) is 49.9 Å². The molecule has 0 aliphatic rings. The summed E-state index contributed by atoms with van der Waals surface area (Å²) < 4.78 is 0. The summed E-state index contributed by atoms with van der Waals surface area (Å²) in [4.78, 5) is 0. The minimum atomic E-state index is -0.826. The molecule has 0 aliphatic carbocycles. The van der Waals surface area contributed by atoms with Gasteiger partial charge in [-0.1, -0.05) is 113 Å². The van der Waals surface area contributed by atoms with Crippen LogP contribution < -0.4 is 0 Å². The van der Waals surface area contributed by atoms with Gasteiger partial charge in [0.25, 0.3) is 0 Å². The summed E-state index contributed by atoms with van der Waals surface area (Å²) in [5, 5.41) is 5.50. The zero-order valence-electron chi connectivity index (χ0n) is 28.7. The quantitative estimate of drug-likeness (QED) is 0.118. The number of hydrogen-bond donors (Lipinski definition) is 0. The van der Waals surface area contributed by atoms with Gasteiger partial charge in [-0.25, -0.2) is 0 Å². The Morgan fingerprint density at radius 3 is 1.22 bits per heavy atom. The molecule has 0 nitrogen and oxygen atoms in total. The number of hydrogen-bond acceptors (Lipinski definition) is 0. The molecule has 0 aromatic heterocycles. The van der Waals surface area contributed by atoms with Gasteiger partial charge in [-0.15, -0.1) is 69.1 Å². The van der Waals surface area contributed by atoms with E-state index in [4.69, 9.17) is 17.0 Å². The number of fused-ring (bicyclic) bond motifs is 2. The first-order valence-electron chi connectivity index (χ1n) is 16.2. The van der Waals surface area contributed by atoms with Crippen molar-refractivity contribution in [1.82, 2.24) is 0 Å². The Balaban J connectivity index is 0.000000214. The fourth-order valence-electron chi connectivity index (χ4n) is 5.99. The zero-order valence-corrected chi connectivity index (χ0v) is 33.7. The second-order valence-electron chi connectivity index (χ2n) is 12.7. The van der Waals surface area contributed by atoms with E-state index in [0.29, 0.717) is 11.8 Å². The molecule has 238 valence electrons. The topological polar surface area (TPSA) is 0 Å². The van der Waals surface area contributed by atoms with Crippen LogP contribution in [-0.4, -0.2) is 9.52 Å². The van der Waals surface area contributed by atoms with Gasteiger partial charge in [-0.2, -0.15) is 12.1 Å². The Morgan fingerprint density at radius 2 is 0.891 bits per heavy atom. The number of rotatable bonds is 6. The molecule has 0 atom stereocenters. The average molecular weight is 743 g/mol. The van der Waals surface area contributed by atoms with E-state index in [9.17, 15) is 0 Å². The van der Waals surface area contributed by atoms with Crippen LogP contribution in [0.25, 0.3) is 43.8 Å². The monoisotopic (exact) mass is 740 g/mol. The van der Waals surface area contributed by atoms with E-state index in [-0.39, 0.29) is 0 Å².